The van der Waals surface area contributed by atoms with Gasteiger partial charge in [0.05, 0.1) is 35.7 Å². The molecule has 4 aromatic rings. The Balaban J connectivity index is 1.45. The number of nitrogens with two attached hydrogens (primary N) is 1. The minimum atomic E-state index is -4.04. The van der Waals surface area contributed by atoms with Crippen LogP contribution in [0, 0.1) is 6.92 Å². The third-order valence-corrected chi connectivity index (χ3v) is 10.6. The number of hydrogen-bond acceptors (Lipinski definition) is 11. The van der Waals surface area contributed by atoms with Crippen LogP contribution in [0.4, 0.5) is 23.1 Å². The molecule has 0 saturated carbocycles. The number of hydrogen-bond donors (Lipinski definition) is 3. The molecular formula is C31H34N8O5S2. The van der Waals surface area contributed by atoms with Gasteiger partial charge in [0.25, 0.3) is 10.0 Å². The zero-order valence-electron chi connectivity index (χ0n) is 25.7. The van der Waals surface area contributed by atoms with Crippen LogP contribution in [0.15, 0.2) is 65.0 Å². The number of rotatable bonds is 10. The fourth-order valence-corrected chi connectivity index (χ4v) is 7.70. The maximum absolute atomic E-state index is 13.8. The van der Waals surface area contributed by atoms with Crippen molar-refractivity contribution < 1.29 is 22.7 Å². The minimum absolute atomic E-state index is 0.0327. The average molecular weight is 663 g/mol. The maximum Gasteiger partial charge on any atom is 0.269 e. The molecule has 0 aliphatic carbocycles. The Morgan fingerprint density at radius 3 is 2.61 bits per heavy atom. The summed E-state index contributed by atoms with van der Waals surface area (Å²) in [5, 5.41) is 8.10. The molecule has 2 aliphatic heterocycles. The average Bonchev–Trinajstić information content (AvgIpc) is 3.75. The number of fused-ring (bicyclic) bond motifs is 2. The van der Waals surface area contributed by atoms with E-state index in [0.717, 1.165) is 20.8 Å². The number of ether oxygens (including phenoxy) is 1. The highest BCUT2D eigenvalue weighted by molar-refractivity contribution is 8.03. The first-order chi connectivity index (χ1) is 22.0. The highest BCUT2D eigenvalue weighted by atomic mass is 32.2. The normalized spacial score (nSPS) is 17.5. The molecule has 6 rings (SSSR count). The van der Waals surface area contributed by atoms with Gasteiger partial charge in [-0.25, -0.2) is 12.4 Å². The smallest absolute Gasteiger partial charge is 0.269 e. The molecular weight excluding hydrogens is 629 g/mol. The molecule has 4 heterocycles. The minimum Gasteiger partial charge on any atom is -0.495 e. The maximum atomic E-state index is 13.8. The zero-order valence-corrected chi connectivity index (χ0v) is 27.4. The second-order valence-corrected chi connectivity index (χ2v) is 14.2. The molecule has 0 saturated heterocycles. The van der Waals surface area contributed by atoms with Crippen LogP contribution in [0.3, 0.4) is 0 Å². The number of carbonyl (C=O) groups excluding carboxylic acids is 2. The predicted octanol–water partition coefficient (Wildman–Crippen LogP) is 3.07. The van der Waals surface area contributed by atoms with Gasteiger partial charge in [-0.2, -0.15) is 9.97 Å². The summed E-state index contributed by atoms with van der Waals surface area (Å²) < 4.78 is 34.4. The Hall–Kier alpha value is -4.60. The lowest BCUT2D eigenvalue weighted by Gasteiger charge is -2.21. The van der Waals surface area contributed by atoms with Gasteiger partial charge < -0.3 is 30.9 Å². The SMILES string of the molecule is COc1cc2c(cc1Nc1nc(NC3C=CSC3C(N)=O)c3ccn(S(=O)(=O)c4ccc(C)cc4)c3n1)N(C(=O)CN(C)C)CC2. The van der Waals surface area contributed by atoms with Crippen LogP contribution in [-0.4, -0.2) is 84.7 Å². The number of likely N-dealkylation sites (N-methyl/N-ethyl adjacent to an activating group) is 1. The van der Waals surface area contributed by atoms with E-state index in [0.29, 0.717) is 35.6 Å². The van der Waals surface area contributed by atoms with Crippen LogP contribution < -0.4 is 26.0 Å². The Labute approximate surface area is 270 Å². The first kappa shape index (κ1) is 31.4. The van der Waals surface area contributed by atoms with Crippen molar-refractivity contribution in [3.8, 4) is 5.75 Å². The van der Waals surface area contributed by atoms with Gasteiger partial charge >= 0.3 is 0 Å². The lowest BCUT2D eigenvalue weighted by Crippen LogP contribution is -2.37. The number of aryl methyl sites for hydroxylation is 1. The van der Waals surface area contributed by atoms with Gasteiger partial charge in [-0.15, -0.1) is 11.8 Å². The molecule has 0 radical (unpaired) electrons. The van der Waals surface area contributed by atoms with Gasteiger partial charge in [-0.3, -0.25) is 9.59 Å². The molecule has 2 unspecified atom stereocenters. The first-order valence-corrected chi connectivity index (χ1v) is 16.9. The Bertz CT molecular complexity index is 1970. The van der Waals surface area contributed by atoms with E-state index in [1.165, 1.54) is 18.0 Å². The van der Waals surface area contributed by atoms with E-state index in [1.54, 1.807) is 47.7 Å². The lowest BCUT2D eigenvalue weighted by atomic mass is 10.1. The molecule has 4 N–H and O–H groups in total. The largest absolute Gasteiger partial charge is 0.495 e. The van der Waals surface area contributed by atoms with E-state index in [9.17, 15) is 18.0 Å². The number of aromatic nitrogens is 3. The van der Waals surface area contributed by atoms with Gasteiger partial charge in [0.15, 0.2) is 5.65 Å². The van der Waals surface area contributed by atoms with Crippen molar-refractivity contribution in [2.24, 2.45) is 5.73 Å². The summed E-state index contributed by atoms with van der Waals surface area (Å²) in [6.07, 6.45) is 3.92. The molecule has 15 heteroatoms. The number of primary amides is 1. The summed E-state index contributed by atoms with van der Waals surface area (Å²) in [6.45, 7) is 2.68. The lowest BCUT2D eigenvalue weighted by molar-refractivity contribution is -0.119. The quantitative estimate of drug-likeness (QED) is 0.229. The van der Waals surface area contributed by atoms with Gasteiger partial charge in [-0.05, 0) is 68.7 Å². The van der Waals surface area contributed by atoms with E-state index in [2.05, 4.69) is 15.6 Å². The molecule has 240 valence electrons. The molecule has 2 aromatic carbocycles. The predicted molar refractivity (Wildman–Crippen MR) is 179 cm³/mol. The van der Waals surface area contributed by atoms with Gasteiger partial charge in [0.2, 0.25) is 17.8 Å². The van der Waals surface area contributed by atoms with Crippen LogP contribution in [-0.2, 0) is 26.0 Å². The number of carbonyl (C=O) groups is 2. The fourth-order valence-electron chi connectivity index (χ4n) is 5.52. The summed E-state index contributed by atoms with van der Waals surface area (Å²) >= 11 is 1.29. The molecule has 2 aromatic heterocycles. The fraction of sp³-hybridized carbons (Fsp3) is 0.290. The molecule has 13 nitrogen and oxygen atoms in total. The molecule has 0 fully saturated rings. The molecule has 2 atom stereocenters. The second-order valence-electron chi connectivity index (χ2n) is 11.4. The molecule has 0 bridgehead atoms. The van der Waals surface area contributed by atoms with Gasteiger partial charge in [0.1, 0.15) is 16.8 Å². The topological polar surface area (TPSA) is 165 Å². The van der Waals surface area contributed by atoms with Gasteiger partial charge in [-0.1, -0.05) is 23.8 Å². The Morgan fingerprint density at radius 2 is 1.91 bits per heavy atom. The highest BCUT2D eigenvalue weighted by Crippen LogP contribution is 2.39. The van der Waals surface area contributed by atoms with E-state index in [1.807, 2.05) is 44.1 Å². The Kier molecular flexibility index (Phi) is 8.39. The van der Waals surface area contributed by atoms with Crippen molar-refractivity contribution in [3.05, 3.63) is 71.3 Å². The van der Waals surface area contributed by atoms with Gasteiger partial charge in [0, 0.05) is 18.4 Å². The molecule has 0 spiro atoms. The van der Waals surface area contributed by atoms with Crippen LogP contribution >= 0.6 is 11.8 Å². The van der Waals surface area contributed by atoms with Crippen molar-refractivity contribution in [2.45, 2.75) is 29.5 Å². The Morgan fingerprint density at radius 1 is 1.15 bits per heavy atom. The monoisotopic (exact) mass is 662 g/mol. The molecule has 2 amide bonds. The summed E-state index contributed by atoms with van der Waals surface area (Å²) in [4.78, 5) is 38.2. The number of thioether (sulfide) groups is 1. The van der Waals surface area contributed by atoms with E-state index < -0.39 is 27.2 Å². The zero-order chi connectivity index (χ0) is 32.7. The van der Waals surface area contributed by atoms with Crippen LogP contribution in [0.2, 0.25) is 0 Å². The summed E-state index contributed by atoms with van der Waals surface area (Å²) in [6, 6.07) is 11.4. The van der Waals surface area contributed by atoms with Crippen molar-refractivity contribution in [1.29, 1.82) is 0 Å². The van der Waals surface area contributed by atoms with Crippen molar-refractivity contribution in [1.82, 2.24) is 18.8 Å². The number of nitrogens with one attached hydrogen (secondary N) is 2. The van der Waals surface area contributed by atoms with E-state index >= 15 is 0 Å². The highest BCUT2D eigenvalue weighted by Gasteiger charge is 2.31. The molecule has 2 aliphatic rings. The number of anilines is 4. The van der Waals surface area contributed by atoms with E-state index in [-0.39, 0.29) is 28.9 Å². The van der Waals surface area contributed by atoms with Crippen LogP contribution in [0.5, 0.6) is 5.75 Å². The van der Waals surface area contributed by atoms with Crippen LogP contribution in [0.25, 0.3) is 11.0 Å². The summed E-state index contributed by atoms with van der Waals surface area (Å²) in [7, 11) is 1.19. The number of nitrogens with zero attached hydrogens (tertiary/aromatic N) is 5. The second kappa shape index (κ2) is 12.3. The van der Waals surface area contributed by atoms with Crippen LogP contribution in [0.1, 0.15) is 11.1 Å². The van der Waals surface area contributed by atoms with Crippen molar-refractivity contribution in [2.75, 3.05) is 49.8 Å². The summed E-state index contributed by atoms with van der Waals surface area (Å²) in [5.41, 5.74) is 8.89. The number of methoxy groups -OCH3 is 1. The third kappa shape index (κ3) is 5.88. The third-order valence-electron chi connectivity index (χ3n) is 7.81. The first-order valence-electron chi connectivity index (χ1n) is 14.5. The van der Waals surface area contributed by atoms with E-state index in [4.69, 9.17) is 15.5 Å². The molecule has 46 heavy (non-hydrogen) atoms. The standard InChI is InChI=1S/C31H34N8O5S2/c1-18-5-7-20(8-6-18)46(42,43)39-13-10-21-29(33-22-11-14-45-27(22)28(32)41)35-31(36-30(21)39)34-23-16-24-19(15-25(23)44-4)9-12-38(24)26(40)17-37(2)3/h5-8,10-11,13-16,22,27H,9,12,17H2,1-4H3,(H2,32,41)(H2,33,34,35,36). The summed E-state index contributed by atoms with van der Waals surface area (Å²) in [5.74, 6) is 0.352. The number of amides is 2. The number of benzene rings is 2. The van der Waals surface area contributed by atoms with Crippen molar-refractivity contribution in [3.63, 3.8) is 0 Å². The van der Waals surface area contributed by atoms with Crippen molar-refractivity contribution >= 4 is 67.8 Å².